The van der Waals surface area contributed by atoms with Gasteiger partial charge in [-0.3, -0.25) is 4.79 Å². The maximum atomic E-state index is 12.0. The van der Waals surface area contributed by atoms with Crippen LogP contribution in [0.4, 0.5) is 5.69 Å². The van der Waals surface area contributed by atoms with Crippen LogP contribution in [-0.4, -0.2) is 63.0 Å². The van der Waals surface area contributed by atoms with E-state index in [0.29, 0.717) is 13.1 Å². The summed E-state index contributed by atoms with van der Waals surface area (Å²) >= 11 is 0. The molecule has 0 N–H and O–H groups in total. The first kappa shape index (κ1) is 19.0. The quantitative estimate of drug-likeness (QED) is 0.412. The van der Waals surface area contributed by atoms with Crippen LogP contribution in [0.2, 0.25) is 0 Å². The molecular formula is C19H27N3O3. The molecule has 0 radical (unpaired) electrons. The van der Waals surface area contributed by atoms with Gasteiger partial charge < -0.3 is 19.4 Å². The van der Waals surface area contributed by atoms with Gasteiger partial charge >= 0.3 is 0 Å². The van der Waals surface area contributed by atoms with Crippen molar-refractivity contribution in [3.63, 3.8) is 0 Å². The number of anilines is 1. The number of rotatable bonds is 8. The summed E-state index contributed by atoms with van der Waals surface area (Å²) in [6.45, 7) is 12.1. The number of oxime groups is 1. The highest BCUT2D eigenvalue weighted by Gasteiger charge is 2.12. The minimum atomic E-state index is -0.0923. The van der Waals surface area contributed by atoms with Gasteiger partial charge in [-0.2, -0.15) is 0 Å². The highest BCUT2D eigenvalue weighted by molar-refractivity contribution is 5.80. The molecule has 25 heavy (non-hydrogen) atoms. The fourth-order valence-electron chi connectivity index (χ4n) is 2.58. The first-order valence-electron chi connectivity index (χ1n) is 8.60. The molecule has 6 nitrogen and oxygen atoms in total. The lowest BCUT2D eigenvalue weighted by Crippen LogP contribution is -2.36. The van der Waals surface area contributed by atoms with Crippen molar-refractivity contribution in [2.24, 2.45) is 5.16 Å². The zero-order valence-electron chi connectivity index (χ0n) is 15.1. The average molecular weight is 345 g/mol. The molecule has 0 saturated carbocycles. The van der Waals surface area contributed by atoms with Gasteiger partial charge in [0.25, 0.3) is 5.91 Å². The largest absolute Gasteiger partial charge is 0.386 e. The van der Waals surface area contributed by atoms with Crippen LogP contribution in [0.1, 0.15) is 19.4 Å². The van der Waals surface area contributed by atoms with Crippen molar-refractivity contribution in [3.8, 4) is 0 Å². The smallest absolute Gasteiger partial charge is 0.263 e. The third-order valence-corrected chi connectivity index (χ3v) is 3.93. The van der Waals surface area contributed by atoms with Crippen molar-refractivity contribution in [2.75, 3.05) is 50.9 Å². The first-order chi connectivity index (χ1) is 12.1. The Bertz CT molecular complexity index is 592. The molecule has 136 valence electrons. The topological polar surface area (TPSA) is 54.4 Å². The Hall–Kier alpha value is -2.34. The van der Waals surface area contributed by atoms with Crippen LogP contribution in [0.25, 0.3) is 0 Å². The van der Waals surface area contributed by atoms with Crippen LogP contribution in [0.3, 0.4) is 0 Å². The molecule has 6 heteroatoms. The van der Waals surface area contributed by atoms with Gasteiger partial charge in [0.15, 0.2) is 6.61 Å². The summed E-state index contributed by atoms with van der Waals surface area (Å²) in [5, 5.41) is 3.89. The van der Waals surface area contributed by atoms with Crippen LogP contribution in [0.5, 0.6) is 0 Å². The van der Waals surface area contributed by atoms with Crippen molar-refractivity contribution in [1.29, 1.82) is 0 Å². The average Bonchev–Trinajstić information content (AvgIpc) is 2.64. The molecule has 1 aromatic rings. The molecule has 0 atom stereocenters. The Morgan fingerprint density at radius 1 is 1.36 bits per heavy atom. The lowest BCUT2D eigenvalue weighted by molar-refractivity contribution is -0.135. The number of hydrogen-bond acceptors (Lipinski definition) is 5. The van der Waals surface area contributed by atoms with E-state index in [1.165, 1.54) is 5.69 Å². The zero-order chi connectivity index (χ0) is 18.1. The Morgan fingerprint density at radius 3 is 2.64 bits per heavy atom. The number of benzene rings is 1. The zero-order valence-corrected chi connectivity index (χ0v) is 15.1. The van der Waals surface area contributed by atoms with Crippen LogP contribution in [-0.2, 0) is 14.4 Å². The first-order valence-corrected chi connectivity index (χ1v) is 8.60. The maximum Gasteiger partial charge on any atom is 0.263 e. The molecule has 1 amide bonds. The Kier molecular flexibility index (Phi) is 7.47. The third kappa shape index (κ3) is 6.23. The second-order valence-electron chi connectivity index (χ2n) is 6.06. The van der Waals surface area contributed by atoms with E-state index in [-0.39, 0.29) is 12.5 Å². The third-order valence-electron chi connectivity index (χ3n) is 3.93. The molecule has 0 aromatic heterocycles. The van der Waals surface area contributed by atoms with Crippen molar-refractivity contribution >= 4 is 17.8 Å². The summed E-state index contributed by atoms with van der Waals surface area (Å²) in [7, 11) is 0. The van der Waals surface area contributed by atoms with Crippen LogP contribution in [0.15, 0.2) is 41.6 Å². The molecule has 1 aliphatic rings. The summed E-state index contributed by atoms with van der Waals surface area (Å²) in [4.78, 5) is 21.1. The number of hydrogen-bond donors (Lipinski definition) is 0. The molecule has 0 aliphatic carbocycles. The van der Waals surface area contributed by atoms with Gasteiger partial charge in [0, 0.05) is 31.9 Å². The number of likely N-dealkylation sites (N-methyl/N-ethyl adjacent to an activating group) is 1. The molecule has 1 aromatic carbocycles. The summed E-state index contributed by atoms with van der Waals surface area (Å²) in [5.74, 6) is -0.0923. The molecule has 0 spiro atoms. The van der Waals surface area contributed by atoms with E-state index in [9.17, 15) is 4.79 Å². The van der Waals surface area contributed by atoms with Crippen molar-refractivity contribution in [3.05, 3.63) is 42.0 Å². The van der Waals surface area contributed by atoms with E-state index >= 15 is 0 Å². The van der Waals surface area contributed by atoms with E-state index in [1.54, 1.807) is 11.1 Å². The summed E-state index contributed by atoms with van der Waals surface area (Å²) in [5.41, 5.74) is 3.05. The number of morpholine rings is 1. The minimum absolute atomic E-state index is 0.0660. The van der Waals surface area contributed by atoms with Crippen molar-refractivity contribution in [2.45, 2.75) is 13.8 Å². The van der Waals surface area contributed by atoms with Gasteiger partial charge in [0.05, 0.1) is 19.4 Å². The van der Waals surface area contributed by atoms with Crippen LogP contribution < -0.4 is 4.90 Å². The molecule has 0 bridgehead atoms. The van der Waals surface area contributed by atoms with Crippen molar-refractivity contribution in [1.82, 2.24) is 4.90 Å². The Balaban J connectivity index is 1.79. The van der Waals surface area contributed by atoms with Gasteiger partial charge in [-0.25, -0.2) is 0 Å². The second-order valence-corrected chi connectivity index (χ2v) is 6.06. The SMILES string of the molecule is C=C(C)CN(CC)C(=O)CON=Cc1ccc(N2CCOCC2)cc1. The van der Waals surface area contributed by atoms with E-state index < -0.39 is 0 Å². The number of ether oxygens (including phenoxy) is 1. The monoisotopic (exact) mass is 345 g/mol. The number of carbonyl (C=O) groups excluding carboxylic acids is 1. The molecule has 1 saturated heterocycles. The number of nitrogens with zero attached hydrogens (tertiary/aromatic N) is 3. The van der Waals surface area contributed by atoms with Gasteiger partial charge in [0.1, 0.15) is 0 Å². The summed E-state index contributed by atoms with van der Waals surface area (Å²) in [6, 6.07) is 8.09. The standard InChI is InChI=1S/C19H27N3O3/c1-4-21(14-16(2)3)19(23)15-25-20-13-17-5-7-18(8-6-17)22-9-11-24-12-10-22/h5-8,13H,2,4,9-12,14-15H2,1,3H3. The maximum absolute atomic E-state index is 12.0. The molecule has 1 heterocycles. The molecule has 2 rings (SSSR count). The second kappa shape index (κ2) is 9.84. The normalized spacial score (nSPS) is 14.6. The van der Waals surface area contributed by atoms with Gasteiger partial charge in [-0.1, -0.05) is 29.4 Å². The fraction of sp³-hybridized carbons (Fsp3) is 0.474. The predicted octanol–water partition coefficient (Wildman–Crippen LogP) is 2.30. The van der Waals surface area contributed by atoms with E-state index in [4.69, 9.17) is 9.57 Å². The molecule has 1 fully saturated rings. The lowest BCUT2D eigenvalue weighted by Gasteiger charge is -2.28. The number of carbonyl (C=O) groups is 1. The van der Waals surface area contributed by atoms with Crippen LogP contribution >= 0.6 is 0 Å². The molecule has 0 unspecified atom stereocenters. The Morgan fingerprint density at radius 2 is 2.04 bits per heavy atom. The summed E-state index contributed by atoms with van der Waals surface area (Å²) < 4.78 is 5.36. The highest BCUT2D eigenvalue weighted by Crippen LogP contribution is 2.16. The van der Waals surface area contributed by atoms with E-state index in [1.807, 2.05) is 26.0 Å². The number of amides is 1. The summed E-state index contributed by atoms with van der Waals surface area (Å²) in [6.07, 6.45) is 1.62. The molecular weight excluding hydrogens is 318 g/mol. The van der Waals surface area contributed by atoms with Gasteiger partial charge in [0.2, 0.25) is 0 Å². The van der Waals surface area contributed by atoms with Gasteiger partial charge in [-0.15, -0.1) is 0 Å². The molecule has 1 aliphatic heterocycles. The van der Waals surface area contributed by atoms with E-state index in [2.05, 4.69) is 28.8 Å². The van der Waals surface area contributed by atoms with E-state index in [0.717, 1.165) is 37.4 Å². The fourth-order valence-corrected chi connectivity index (χ4v) is 2.58. The Labute approximate surface area is 149 Å². The lowest BCUT2D eigenvalue weighted by atomic mass is 10.2. The highest BCUT2D eigenvalue weighted by atomic mass is 16.6. The van der Waals surface area contributed by atoms with Crippen molar-refractivity contribution < 1.29 is 14.4 Å². The van der Waals surface area contributed by atoms with Crippen LogP contribution in [0, 0.1) is 0 Å². The minimum Gasteiger partial charge on any atom is -0.386 e. The predicted molar refractivity (Wildman–Crippen MR) is 100 cm³/mol. The van der Waals surface area contributed by atoms with Gasteiger partial charge in [-0.05, 0) is 31.5 Å².